The minimum absolute atomic E-state index is 0.0194. The highest BCUT2D eigenvalue weighted by atomic mass is 79.9. The van der Waals surface area contributed by atoms with E-state index in [9.17, 15) is 9.18 Å². The molecule has 0 radical (unpaired) electrons. The Bertz CT molecular complexity index is 330. The summed E-state index contributed by atoms with van der Waals surface area (Å²) in [7, 11) is 0. The first-order valence-corrected chi connectivity index (χ1v) is 4.29. The van der Waals surface area contributed by atoms with Crippen molar-refractivity contribution in [2.24, 2.45) is 0 Å². The van der Waals surface area contributed by atoms with Crippen molar-refractivity contribution in [1.82, 2.24) is 5.32 Å². The van der Waals surface area contributed by atoms with Gasteiger partial charge in [0.1, 0.15) is 5.82 Å². The number of hydrogen-bond donors (Lipinski definition) is 2. The Morgan fingerprint density at radius 2 is 2.31 bits per heavy atom. The highest BCUT2D eigenvalue weighted by Crippen LogP contribution is 2.14. The van der Waals surface area contributed by atoms with Gasteiger partial charge in [0.25, 0.3) is 0 Å². The van der Waals surface area contributed by atoms with Crippen molar-refractivity contribution in [1.29, 1.82) is 0 Å². The molecule has 2 N–H and O–H groups in total. The Kier molecular flexibility index (Phi) is 3.25. The van der Waals surface area contributed by atoms with Gasteiger partial charge in [-0.15, -0.1) is 0 Å². The Labute approximate surface area is 82.7 Å². The van der Waals surface area contributed by atoms with Crippen LogP contribution < -0.4 is 5.32 Å². The fourth-order valence-corrected chi connectivity index (χ4v) is 1.17. The topological polar surface area (TPSA) is 49.3 Å². The lowest BCUT2D eigenvalue weighted by Crippen LogP contribution is -2.20. The second kappa shape index (κ2) is 4.23. The van der Waals surface area contributed by atoms with E-state index in [1.165, 1.54) is 12.1 Å². The summed E-state index contributed by atoms with van der Waals surface area (Å²) >= 11 is 3.10. The zero-order valence-electron chi connectivity index (χ0n) is 6.55. The number of carbonyl (C=O) groups is 1. The molecule has 0 aliphatic carbocycles. The fourth-order valence-electron chi connectivity index (χ4n) is 0.836. The van der Waals surface area contributed by atoms with Gasteiger partial charge in [-0.2, -0.15) is 0 Å². The molecule has 0 aliphatic rings. The normalized spacial score (nSPS) is 9.69. The zero-order chi connectivity index (χ0) is 9.84. The zero-order valence-corrected chi connectivity index (χ0v) is 8.14. The molecule has 0 saturated heterocycles. The fraction of sp³-hybridized carbons (Fsp3) is 0.125. The van der Waals surface area contributed by atoms with E-state index in [4.69, 9.17) is 5.11 Å². The maximum Gasteiger partial charge on any atom is 0.404 e. The van der Waals surface area contributed by atoms with E-state index in [1.807, 2.05) is 0 Å². The molecule has 70 valence electrons. The van der Waals surface area contributed by atoms with Crippen molar-refractivity contribution in [3.05, 3.63) is 34.1 Å². The molecular weight excluding hydrogens is 241 g/mol. The molecular formula is C8H7BrFNO2. The third kappa shape index (κ3) is 3.02. The molecule has 0 unspecified atom stereocenters. The molecule has 3 nitrogen and oxygen atoms in total. The van der Waals surface area contributed by atoms with Crippen LogP contribution >= 0.6 is 15.9 Å². The molecule has 0 bridgehead atoms. The number of benzene rings is 1. The van der Waals surface area contributed by atoms with Crippen LogP contribution in [0.2, 0.25) is 0 Å². The van der Waals surface area contributed by atoms with Crippen molar-refractivity contribution in [2.75, 3.05) is 0 Å². The summed E-state index contributed by atoms with van der Waals surface area (Å²) < 4.78 is 13.7. The highest BCUT2D eigenvalue weighted by Gasteiger charge is 2.03. The Morgan fingerprint density at radius 3 is 2.85 bits per heavy atom. The Balaban J connectivity index is 2.72. The van der Waals surface area contributed by atoms with Gasteiger partial charge >= 0.3 is 6.09 Å². The number of nitrogens with one attached hydrogen (secondary N) is 1. The van der Waals surface area contributed by atoms with E-state index in [1.54, 1.807) is 6.07 Å². The number of hydrogen-bond acceptors (Lipinski definition) is 1. The number of halogens is 2. The van der Waals surface area contributed by atoms with Gasteiger partial charge in [-0.1, -0.05) is 22.0 Å². The standard InChI is InChI=1S/C8H7BrFNO2/c9-6-2-1-5(7(10)3-6)4-11-8(12)13/h1-3,11H,4H2,(H,12,13). The van der Waals surface area contributed by atoms with Crippen molar-refractivity contribution in [3.8, 4) is 0 Å². The first-order valence-electron chi connectivity index (χ1n) is 3.50. The van der Waals surface area contributed by atoms with Crippen LogP contribution in [0.5, 0.6) is 0 Å². The van der Waals surface area contributed by atoms with E-state index < -0.39 is 11.9 Å². The van der Waals surface area contributed by atoms with E-state index in [0.717, 1.165) is 0 Å². The second-order valence-electron chi connectivity index (χ2n) is 2.39. The molecule has 0 spiro atoms. The summed E-state index contributed by atoms with van der Waals surface area (Å²) in [6.45, 7) is -0.0194. The first-order chi connectivity index (χ1) is 6.09. The maximum atomic E-state index is 13.0. The van der Waals surface area contributed by atoms with Gasteiger partial charge in [0.2, 0.25) is 0 Å². The van der Waals surface area contributed by atoms with E-state index in [-0.39, 0.29) is 6.54 Å². The average Bonchev–Trinajstić information content (AvgIpc) is 2.02. The molecule has 1 amide bonds. The quantitative estimate of drug-likeness (QED) is 0.843. The lowest BCUT2D eigenvalue weighted by Gasteiger charge is -2.02. The lowest BCUT2D eigenvalue weighted by atomic mass is 10.2. The van der Waals surface area contributed by atoms with Gasteiger partial charge < -0.3 is 10.4 Å². The third-order valence-electron chi connectivity index (χ3n) is 1.45. The Morgan fingerprint density at radius 1 is 1.62 bits per heavy atom. The number of rotatable bonds is 2. The van der Waals surface area contributed by atoms with Crippen molar-refractivity contribution < 1.29 is 14.3 Å². The van der Waals surface area contributed by atoms with Crippen molar-refractivity contribution >= 4 is 22.0 Å². The first kappa shape index (κ1) is 9.98. The van der Waals surface area contributed by atoms with Gasteiger partial charge in [0.05, 0.1) is 0 Å². The molecule has 0 aromatic heterocycles. The van der Waals surface area contributed by atoms with Gasteiger partial charge in [0.15, 0.2) is 0 Å². The summed E-state index contributed by atoms with van der Waals surface area (Å²) in [4.78, 5) is 10.1. The van der Waals surface area contributed by atoms with Crippen LogP contribution in [-0.4, -0.2) is 11.2 Å². The summed E-state index contributed by atoms with van der Waals surface area (Å²) in [5.74, 6) is -0.428. The predicted molar refractivity (Wildman–Crippen MR) is 49.0 cm³/mol. The number of amides is 1. The molecule has 0 heterocycles. The Hall–Kier alpha value is -1.10. The largest absolute Gasteiger partial charge is 0.465 e. The molecule has 0 atom stereocenters. The van der Waals surface area contributed by atoms with E-state index in [0.29, 0.717) is 10.0 Å². The van der Waals surface area contributed by atoms with Crippen LogP contribution in [0.25, 0.3) is 0 Å². The molecule has 1 aromatic rings. The van der Waals surface area contributed by atoms with Gasteiger partial charge in [-0.3, -0.25) is 0 Å². The van der Waals surface area contributed by atoms with Crippen LogP contribution in [0.15, 0.2) is 22.7 Å². The summed E-state index contributed by atoms with van der Waals surface area (Å²) in [6.07, 6.45) is -1.16. The predicted octanol–water partition coefficient (Wildman–Crippen LogP) is 2.36. The lowest BCUT2D eigenvalue weighted by molar-refractivity contribution is 0.194. The van der Waals surface area contributed by atoms with Crippen molar-refractivity contribution in [2.45, 2.75) is 6.54 Å². The SMILES string of the molecule is O=C(O)NCc1ccc(Br)cc1F. The van der Waals surface area contributed by atoms with Gasteiger partial charge in [0, 0.05) is 16.6 Å². The van der Waals surface area contributed by atoms with E-state index >= 15 is 0 Å². The summed E-state index contributed by atoms with van der Waals surface area (Å²) in [5, 5.41) is 10.4. The van der Waals surface area contributed by atoms with Crippen molar-refractivity contribution in [3.63, 3.8) is 0 Å². The minimum Gasteiger partial charge on any atom is -0.465 e. The third-order valence-corrected chi connectivity index (χ3v) is 1.94. The molecule has 1 rings (SSSR count). The average molecular weight is 248 g/mol. The van der Waals surface area contributed by atoms with Crippen LogP contribution in [0, 0.1) is 5.82 Å². The second-order valence-corrected chi connectivity index (χ2v) is 3.31. The molecule has 0 aliphatic heterocycles. The summed E-state index contributed by atoms with van der Waals surface area (Å²) in [6, 6.07) is 4.47. The highest BCUT2D eigenvalue weighted by molar-refractivity contribution is 9.10. The van der Waals surface area contributed by atoms with Gasteiger partial charge in [-0.25, -0.2) is 9.18 Å². The van der Waals surface area contributed by atoms with Gasteiger partial charge in [-0.05, 0) is 12.1 Å². The van der Waals surface area contributed by atoms with Crippen LogP contribution in [-0.2, 0) is 6.54 Å². The monoisotopic (exact) mass is 247 g/mol. The molecule has 5 heteroatoms. The maximum absolute atomic E-state index is 13.0. The minimum atomic E-state index is -1.16. The molecule has 13 heavy (non-hydrogen) atoms. The molecule has 0 fully saturated rings. The molecule has 1 aromatic carbocycles. The molecule has 0 saturated carbocycles. The van der Waals surface area contributed by atoms with Crippen LogP contribution in [0.3, 0.4) is 0 Å². The van der Waals surface area contributed by atoms with E-state index in [2.05, 4.69) is 21.2 Å². The summed E-state index contributed by atoms with van der Waals surface area (Å²) in [5.41, 5.74) is 0.325. The smallest absolute Gasteiger partial charge is 0.404 e. The number of carboxylic acid groups (broad SMARTS) is 1. The van der Waals surface area contributed by atoms with Crippen LogP contribution in [0.4, 0.5) is 9.18 Å². The van der Waals surface area contributed by atoms with Crippen LogP contribution in [0.1, 0.15) is 5.56 Å².